The van der Waals surface area contributed by atoms with Crippen molar-refractivity contribution in [3.8, 4) is 0 Å². The number of nitrogens with one attached hydrogen (secondary N) is 1. The number of aliphatic hydroxyl groups excluding tert-OH is 1. The summed E-state index contributed by atoms with van der Waals surface area (Å²) >= 11 is 6.12. The fourth-order valence-corrected chi connectivity index (χ4v) is 3.59. The monoisotopic (exact) mass is 345 g/mol. The highest BCUT2D eigenvalue weighted by atomic mass is 35.5. The number of benzene rings is 1. The predicted molar refractivity (Wildman–Crippen MR) is 99.9 cm³/mol. The average molecular weight is 346 g/mol. The largest absolute Gasteiger partial charge is 0.393 e. The van der Waals surface area contributed by atoms with Gasteiger partial charge in [0, 0.05) is 30.9 Å². The van der Waals surface area contributed by atoms with Crippen LogP contribution in [0, 0.1) is 13.8 Å². The van der Waals surface area contributed by atoms with Crippen LogP contribution in [-0.4, -0.2) is 29.3 Å². The molecule has 1 aliphatic heterocycles. The Morgan fingerprint density at radius 1 is 1.25 bits per heavy atom. The van der Waals surface area contributed by atoms with Crippen LogP contribution in [0.1, 0.15) is 29.5 Å². The standard InChI is InChI=1S/C19H24ClN3O/c1-13-10-15(20)11-14(2)17(13)12-22-18-4-3-7-21-19(18)23-8-5-16(24)6-9-23/h3-4,7,10-11,16,22,24H,5-6,8-9,12H2,1-2H3. The summed E-state index contributed by atoms with van der Waals surface area (Å²) in [7, 11) is 0. The molecule has 2 N–H and O–H groups in total. The van der Waals surface area contributed by atoms with Crippen molar-refractivity contribution in [1.82, 2.24) is 4.98 Å². The fourth-order valence-electron chi connectivity index (χ4n) is 3.27. The molecule has 0 amide bonds. The van der Waals surface area contributed by atoms with Gasteiger partial charge in [-0.1, -0.05) is 11.6 Å². The third-order valence-corrected chi connectivity index (χ3v) is 4.89. The number of rotatable bonds is 4. The molecule has 1 aliphatic rings. The zero-order chi connectivity index (χ0) is 17.1. The fraction of sp³-hybridized carbons (Fsp3) is 0.421. The van der Waals surface area contributed by atoms with E-state index in [0.29, 0.717) is 0 Å². The summed E-state index contributed by atoms with van der Waals surface area (Å²) in [6, 6.07) is 8.02. The van der Waals surface area contributed by atoms with Crippen molar-refractivity contribution in [3.05, 3.63) is 52.2 Å². The molecular weight excluding hydrogens is 322 g/mol. The Labute approximate surface area is 148 Å². The molecule has 0 atom stereocenters. The van der Waals surface area contributed by atoms with E-state index in [1.165, 1.54) is 16.7 Å². The number of aryl methyl sites for hydroxylation is 2. The minimum absolute atomic E-state index is 0.180. The molecule has 0 radical (unpaired) electrons. The highest BCUT2D eigenvalue weighted by molar-refractivity contribution is 6.30. The molecule has 1 aromatic carbocycles. The average Bonchev–Trinajstić information content (AvgIpc) is 2.55. The van der Waals surface area contributed by atoms with E-state index in [9.17, 15) is 5.11 Å². The van der Waals surface area contributed by atoms with Crippen LogP contribution in [0.15, 0.2) is 30.5 Å². The van der Waals surface area contributed by atoms with Gasteiger partial charge in [-0.3, -0.25) is 0 Å². The Balaban J connectivity index is 1.77. The molecule has 2 heterocycles. The molecule has 0 unspecified atom stereocenters. The molecule has 0 aliphatic carbocycles. The van der Waals surface area contributed by atoms with E-state index < -0.39 is 0 Å². The van der Waals surface area contributed by atoms with Gasteiger partial charge in [0.15, 0.2) is 5.82 Å². The third-order valence-electron chi connectivity index (χ3n) is 4.67. The van der Waals surface area contributed by atoms with Crippen LogP contribution in [0.5, 0.6) is 0 Å². The first-order chi connectivity index (χ1) is 11.5. The van der Waals surface area contributed by atoms with Crippen LogP contribution in [0.25, 0.3) is 0 Å². The van der Waals surface area contributed by atoms with E-state index in [1.807, 2.05) is 24.4 Å². The number of hydrogen-bond acceptors (Lipinski definition) is 4. The molecule has 1 fully saturated rings. The number of aliphatic hydroxyl groups is 1. The Bertz CT molecular complexity index is 689. The Morgan fingerprint density at radius 2 is 1.92 bits per heavy atom. The molecule has 5 heteroatoms. The second-order valence-electron chi connectivity index (χ2n) is 6.46. The van der Waals surface area contributed by atoms with E-state index in [0.717, 1.165) is 49.0 Å². The van der Waals surface area contributed by atoms with Gasteiger partial charge in [0.1, 0.15) is 0 Å². The summed E-state index contributed by atoms with van der Waals surface area (Å²) in [4.78, 5) is 6.81. The molecule has 1 saturated heterocycles. The minimum Gasteiger partial charge on any atom is -0.393 e. The maximum atomic E-state index is 9.71. The molecule has 128 valence electrons. The number of anilines is 2. The summed E-state index contributed by atoms with van der Waals surface area (Å²) in [6.07, 6.45) is 3.24. The number of piperidine rings is 1. The summed E-state index contributed by atoms with van der Waals surface area (Å²) in [5.41, 5.74) is 4.68. The van der Waals surface area contributed by atoms with E-state index in [4.69, 9.17) is 11.6 Å². The molecule has 1 aromatic heterocycles. The van der Waals surface area contributed by atoms with Crippen molar-refractivity contribution < 1.29 is 5.11 Å². The van der Waals surface area contributed by atoms with E-state index >= 15 is 0 Å². The Morgan fingerprint density at radius 3 is 2.58 bits per heavy atom. The lowest BCUT2D eigenvalue weighted by Gasteiger charge is -2.31. The van der Waals surface area contributed by atoms with Crippen LogP contribution in [0.2, 0.25) is 5.02 Å². The number of aromatic nitrogens is 1. The summed E-state index contributed by atoms with van der Waals surface area (Å²) in [5, 5.41) is 14.0. The summed E-state index contributed by atoms with van der Waals surface area (Å²) in [5.74, 6) is 0.966. The van der Waals surface area contributed by atoms with E-state index in [1.54, 1.807) is 0 Å². The SMILES string of the molecule is Cc1cc(Cl)cc(C)c1CNc1cccnc1N1CCC(O)CC1. The third kappa shape index (κ3) is 3.82. The van der Waals surface area contributed by atoms with Crippen molar-refractivity contribution in [2.75, 3.05) is 23.3 Å². The maximum Gasteiger partial charge on any atom is 0.151 e. The van der Waals surface area contributed by atoms with Gasteiger partial charge < -0.3 is 15.3 Å². The van der Waals surface area contributed by atoms with Gasteiger partial charge in [-0.05, 0) is 67.6 Å². The normalized spacial score (nSPS) is 15.6. The smallest absolute Gasteiger partial charge is 0.151 e. The van der Waals surface area contributed by atoms with Gasteiger partial charge in [0.2, 0.25) is 0 Å². The molecule has 3 rings (SSSR count). The van der Waals surface area contributed by atoms with Gasteiger partial charge in [0.05, 0.1) is 11.8 Å². The zero-order valence-electron chi connectivity index (χ0n) is 14.2. The lowest BCUT2D eigenvalue weighted by molar-refractivity contribution is 0.145. The van der Waals surface area contributed by atoms with Gasteiger partial charge in [-0.25, -0.2) is 4.98 Å². The Kier molecular flexibility index (Phi) is 5.27. The first kappa shape index (κ1) is 17.1. The van der Waals surface area contributed by atoms with Crippen LogP contribution < -0.4 is 10.2 Å². The second-order valence-corrected chi connectivity index (χ2v) is 6.90. The first-order valence-corrected chi connectivity index (χ1v) is 8.80. The molecule has 24 heavy (non-hydrogen) atoms. The zero-order valence-corrected chi connectivity index (χ0v) is 15.0. The first-order valence-electron chi connectivity index (χ1n) is 8.42. The molecule has 0 bridgehead atoms. The summed E-state index contributed by atoms with van der Waals surface area (Å²) < 4.78 is 0. The molecule has 4 nitrogen and oxygen atoms in total. The second kappa shape index (κ2) is 7.41. The topological polar surface area (TPSA) is 48.4 Å². The van der Waals surface area contributed by atoms with Crippen molar-refractivity contribution in [2.24, 2.45) is 0 Å². The number of halogens is 1. The predicted octanol–water partition coefficient (Wildman–Crippen LogP) is 3.93. The minimum atomic E-state index is -0.180. The van der Waals surface area contributed by atoms with Gasteiger partial charge in [-0.15, -0.1) is 0 Å². The van der Waals surface area contributed by atoms with Crippen LogP contribution >= 0.6 is 11.6 Å². The highest BCUT2D eigenvalue weighted by Crippen LogP contribution is 2.27. The van der Waals surface area contributed by atoms with Crippen LogP contribution in [0.4, 0.5) is 11.5 Å². The quantitative estimate of drug-likeness (QED) is 0.881. The number of hydrogen-bond donors (Lipinski definition) is 2. The number of nitrogens with zero attached hydrogens (tertiary/aromatic N) is 2. The summed E-state index contributed by atoms with van der Waals surface area (Å²) in [6.45, 7) is 6.60. The molecule has 2 aromatic rings. The molecule has 0 saturated carbocycles. The molecule has 0 spiro atoms. The molecular formula is C19H24ClN3O. The lowest BCUT2D eigenvalue weighted by Crippen LogP contribution is -2.36. The van der Waals surface area contributed by atoms with Crippen molar-refractivity contribution >= 4 is 23.1 Å². The van der Waals surface area contributed by atoms with Crippen molar-refractivity contribution in [1.29, 1.82) is 0 Å². The number of pyridine rings is 1. The lowest BCUT2D eigenvalue weighted by atomic mass is 10.0. The highest BCUT2D eigenvalue weighted by Gasteiger charge is 2.20. The van der Waals surface area contributed by atoms with Crippen molar-refractivity contribution in [3.63, 3.8) is 0 Å². The maximum absolute atomic E-state index is 9.71. The van der Waals surface area contributed by atoms with Crippen molar-refractivity contribution in [2.45, 2.75) is 39.3 Å². The van der Waals surface area contributed by atoms with Crippen LogP contribution in [0.3, 0.4) is 0 Å². The van der Waals surface area contributed by atoms with Gasteiger partial charge in [-0.2, -0.15) is 0 Å². The Hall–Kier alpha value is -1.78. The van der Waals surface area contributed by atoms with E-state index in [-0.39, 0.29) is 6.10 Å². The van der Waals surface area contributed by atoms with Gasteiger partial charge in [0.25, 0.3) is 0 Å². The van der Waals surface area contributed by atoms with Gasteiger partial charge >= 0.3 is 0 Å². The van der Waals surface area contributed by atoms with E-state index in [2.05, 4.69) is 35.1 Å². The van der Waals surface area contributed by atoms with Crippen LogP contribution in [-0.2, 0) is 6.54 Å².